The van der Waals surface area contributed by atoms with Gasteiger partial charge in [-0.25, -0.2) is 8.42 Å². The van der Waals surface area contributed by atoms with Crippen LogP contribution in [0.3, 0.4) is 0 Å². The Labute approximate surface area is 208 Å². The third-order valence-corrected chi connectivity index (χ3v) is 9.42. The highest BCUT2D eigenvalue weighted by atomic mass is 32.2. The van der Waals surface area contributed by atoms with Gasteiger partial charge in [-0.3, -0.25) is 9.69 Å². The zero-order valence-electron chi connectivity index (χ0n) is 20.1. The van der Waals surface area contributed by atoms with Crippen LogP contribution in [-0.4, -0.2) is 67.0 Å². The van der Waals surface area contributed by atoms with Gasteiger partial charge in [0.1, 0.15) is 0 Å². The van der Waals surface area contributed by atoms with Gasteiger partial charge in [-0.1, -0.05) is 24.3 Å². The monoisotopic (exact) mass is 525 g/mol. The summed E-state index contributed by atoms with van der Waals surface area (Å²) in [6.07, 6.45) is -2.88. The second kappa shape index (κ2) is 9.13. The Morgan fingerprint density at radius 3 is 2.14 bits per heavy atom. The quantitative estimate of drug-likeness (QED) is 0.579. The van der Waals surface area contributed by atoms with Gasteiger partial charge in [0.25, 0.3) is 0 Å². The van der Waals surface area contributed by atoms with E-state index in [0.29, 0.717) is 25.6 Å². The van der Waals surface area contributed by atoms with Gasteiger partial charge in [-0.05, 0) is 62.1 Å². The fourth-order valence-corrected chi connectivity index (χ4v) is 6.49. The molecule has 0 bridgehead atoms. The van der Waals surface area contributed by atoms with Gasteiger partial charge in [0.05, 0.1) is 4.90 Å². The lowest BCUT2D eigenvalue weighted by Gasteiger charge is -2.40. The highest BCUT2D eigenvalue weighted by Gasteiger charge is 2.51. The third kappa shape index (κ3) is 4.89. The average molecular weight is 526 g/mol. The number of nitrogens with two attached hydrogens (primary N) is 1. The van der Waals surface area contributed by atoms with Crippen molar-refractivity contribution >= 4 is 15.9 Å². The Hall–Kier alpha value is -2.47. The maximum Gasteiger partial charge on any atom is 0.421 e. The van der Waals surface area contributed by atoms with Crippen molar-refractivity contribution in [2.75, 3.05) is 26.2 Å². The SMILES string of the molecule is C[C@@H]1CN(CC2(c3ccc(C(N)=O)cc3)CC2)CCN1S(=O)(=O)c1ccc([C@](C)(O)C(F)(F)F)cc1. The number of amides is 1. The van der Waals surface area contributed by atoms with Gasteiger partial charge in [0, 0.05) is 43.2 Å². The summed E-state index contributed by atoms with van der Waals surface area (Å²) in [4.78, 5) is 13.5. The molecule has 0 radical (unpaired) electrons. The van der Waals surface area contributed by atoms with Crippen LogP contribution in [0.15, 0.2) is 53.4 Å². The molecule has 2 aliphatic rings. The molecule has 1 saturated heterocycles. The van der Waals surface area contributed by atoms with Crippen LogP contribution < -0.4 is 5.73 Å². The first-order valence-corrected chi connectivity index (χ1v) is 13.2. The Bertz CT molecular complexity index is 1220. The smallest absolute Gasteiger partial charge is 0.376 e. The number of halogens is 3. The summed E-state index contributed by atoms with van der Waals surface area (Å²) in [7, 11) is -3.93. The van der Waals surface area contributed by atoms with E-state index in [1.807, 2.05) is 19.1 Å². The Morgan fingerprint density at radius 1 is 1.08 bits per heavy atom. The molecule has 1 heterocycles. The summed E-state index contributed by atoms with van der Waals surface area (Å²) in [6, 6.07) is 11.2. The second-order valence-electron chi connectivity index (χ2n) is 10.0. The normalized spacial score (nSPS) is 22.7. The van der Waals surface area contributed by atoms with E-state index in [0.717, 1.165) is 49.2 Å². The van der Waals surface area contributed by atoms with E-state index in [1.165, 1.54) is 4.31 Å². The maximum absolute atomic E-state index is 13.3. The molecule has 1 amide bonds. The molecule has 196 valence electrons. The zero-order chi connectivity index (χ0) is 26.5. The van der Waals surface area contributed by atoms with Gasteiger partial charge < -0.3 is 10.8 Å². The van der Waals surface area contributed by atoms with E-state index in [4.69, 9.17) is 5.73 Å². The van der Waals surface area contributed by atoms with Gasteiger partial charge in [-0.15, -0.1) is 0 Å². The van der Waals surface area contributed by atoms with Gasteiger partial charge in [-0.2, -0.15) is 17.5 Å². The lowest BCUT2D eigenvalue weighted by Crippen LogP contribution is -2.55. The van der Waals surface area contributed by atoms with Crippen molar-refractivity contribution in [3.05, 3.63) is 65.2 Å². The summed E-state index contributed by atoms with van der Waals surface area (Å²) in [5, 5.41) is 9.84. The molecule has 7 nitrogen and oxygen atoms in total. The molecule has 11 heteroatoms. The maximum atomic E-state index is 13.3. The van der Waals surface area contributed by atoms with Crippen molar-refractivity contribution < 1.29 is 31.5 Å². The van der Waals surface area contributed by atoms with Crippen molar-refractivity contribution in [2.45, 2.75) is 54.8 Å². The molecule has 1 saturated carbocycles. The largest absolute Gasteiger partial charge is 0.421 e. The molecular weight excluding hydrogens is 495 g/mol. The summed E-state index contributed by atoms with van der Waals surface area (Å²) >= 11 is 0. The summed E-state index contributed by atoms with van der Waals surface area (Å²) in [6.45, 7) is 4.50. The van der Waals surface area contributed by atoms with Crippen molar-refractivity contribution in [3.8, 4) is 0 Å². The predicted molar refractivity (Wildman–Crippen MR) is 128 cm³/mol. The van der Waals surface area contributed by atoms with Crippen LogP contribution in [0.2, 0.25) is 0 Å². The van der Waals surface area contributed by atoms with Gasteiger partial charge in [0.2, 0.25) is 15.9 Å². The molecule has 3 N–H and O–H groups in total. The summed E-state index contributed by atoms with van der Waals surface area (Å²) < 4.78 is 67.2. The molecule has 1 aliphatic heterocycles. The van der Waals surface area contributed by atoms with E-state index in [2.05, 4.69) is 4.90 Å². The average Bonchev–Trinajstić information content (AvgIpc) is 3.59. The number of alkyl halides is 3. The van der Waals surface area contributed by atoms with Crippen molar-refractivity contribution in [1.29, 1.82) is 0 Å². The number of primary amides is 1. The Morgan fingerprint density at radius 2 is 1.67 bits per heavy atom. The van der Waals surface area contributed by atoms with Crippen LogP contribution in [0.25, 0.3) is 0 Å². The highest BCUT2D eigenvalue weighted by Crippen LogP contribution is 2.49. The van der Waals surface area contributed by atoms with E-state index in [-0.39, 0.29) is 22.9 Å². The van der Waals surface area contributed by atoms with Crippen LogP contribution in [0.4, 0.5) is 13.2 Å². The summed E-state index contributed by atoms with van der Waals surface area (Å²) in [5.41, 5.74) is 3.39. The molecule has 1 aliphatic carbocycles. The lowest BCUT2D eigenvalue weighted by molar-refractivity contribution is -0.258. The van der Waals surface area contributed by atoms with E-state index in [9.17, 15) is 31.5 Å². The number of benzene rings is 2. The molecule has 4 rings (SSSR count). The third-order valence-electron chi connectivity index (χ3n) is 7.39. The first-order valence-electron chi connectivity index (χ1n) is 11.7. The van der Waals surface area contributed by atoms with Crippen LogP contribution in [-0.2, 0) is 21.0 Å². The lowest BCUT2D eigenvalue weighted by atomic mass is 9.93. The molecule has 2 aromatic carbocycles. The number of rotatable bonds is 7. The van der Waals surface area contributed by atoms with E-state index >= 15 is 0 Å². The summed E-state index contributed by atoms with van der Waals surface area (Å²) in [5.74, 6) is -0.474. The fourth-order valence-electron chi connectivity index (χ4n) is 4.87. The minimum Gasteiger partial charge on any atom is -0.376 e. The van der Waals surface area contributed by atoms with Crippen molar-refractivity contribution in [2.24, 2.45) is 5.73 Å². The predicted octanol–water partition coefficient (Wildman–Crippen LogP) is 2.98. The van der Waals surface area contributed by atoms with Crippen LogP contribution in [0.1, 0.15) is 48.2 Å². The number of carbonyl (C=O) groups excluding carboxylic acids is 1. The molecule has 2 atom stereocenters. The number of sulfonamides is 1. The molecule has 2 aromatic rings. The zero-order valence-corrected chi connectivity index (χ0v) is 20.9. The number of nitrogens with zero attached hydrogens (tertiary/aromatic N) is 2. The first-order chi connectivity index (χ1) is 16.7. The van der Waals surface area contributed by atoms with Crippen molar-refractivity contribution in [1.82, 2.24) is 9.21 Å². The van der Waals surface area contributed by atoms with Crippen LogP contribution in [0.5, 0.6) is 0 Å². The Kier molecular flexibility index (Phi) is 6.74. The van der Waals surface area contributed by atoms with Gasteiger partial charge in [0.15, 0.2) is 5.60 Å². The van der Waals surface area contributed by atoms with E-state index < -0.39 is 33.3 Å². The topological polar surface area (TPSA) is 104 Å². The second-order valence-corrected chi connectivity index (χ2v) is 11.9. The minimum absolute atomic E-state index is 0.0256. The minimum atomic E-state index is -4.89. The number of hydrogen-bond donors (Lipinski definition) is 2. The number of carbonyl (C=O) groups is 1. The number of hydrogen-bond acceptors (Lipinski definition) is 5. The van der Waals surface area contributed by atoms with Gasteiger partial charge >= 0.3 is 6.18 Å². The van der Waals surface area contributed by atoms with Crippen molar-refractivity contribution in [3.63, 3.8) is 0 Å². The molecule has 2 fully saturated rings. The standard InChI is InChI=1S/C25H30F3N3O4S/c1-17-15-30(16-24(11-12-24)20-5-3-18(4-6-20)22(29)32)13-14-31(17)36(34,35)21-9-7-19(8-10-21)23(2,33)25(26,27)28/h3-10,17,33H,11-16H2,1-2H3,(H2,29,32)/t17-,23+/m1/s1. The Balaban J connectivity index is 1.43. The number of piperazine rings is 1. The molecule has 0 spiro atoms. The number of aliphatic hydroxyl groups is 1. The molecule has 0 aromatic heterocycles. The first kappa shape index (κ1) is 26.6. The van der Waals surface area contributed by atoms with Crippen LogP contribution in [0, 0.1) is 0 Å². The molecule has 0 unspecified atom stereocenters. The fraction of sp³-hybridized carbons (Fsp3) is 0.480. The molecular formula is C25H30F3N3O4S. The van der Waals surface area contributed by atoms with Crippen LogP contribution >= 0.6 is 0 Å². The molecule has 36 heavy (non-hydrogen) atoms. The van der Waals surface area contributed by atoms with E-state index in [1.54, 1.807) is 12.1 Å². The highest BCUT2D eigenvalue weighted by molar-refractivity contribution is 7.89.